The smallest absolute Gasteiger partial charge is 0.295 e. The Balaban J connectivity index is 1.85. The number of Topliss-reactive ketones (excluding diaryl/α,β-unsaturated/α-hetero) is 1. The molecule has 174 valence electrons. The summed E-state index contributed by atoms with van der Waals surface area (Å²) in [6.07, 6.45) is 3.12. The maximum atomic E-state index is 14.9. The molecule has 1 aliphatic rings. The molecule has 4 rings (SSSR count). The fourth-order valence-corrected chi connectivity index (χ4v) is 4.09. The van der Waals surface area contributed by atoms with Crippen LogP contribution in [0.1, 0.15) is 42.1 Å². The van der Waals surface area contributed by atoms with E-state index in [-0.39, 0.29) is 29.5 Å². The zero-order valence-electron chi connectivity index (χ0n) is 19.2. The molecule has 1 unspecified atom stereocenters. The Bertz CT molecular complexity index is 1270. The van der Waals surface area contributed by atoms with Crippen LogP contribution in [0.4, 0.5) is 4.39 Å². The zero-order valence-corrected chi connectivity index (χ0v) is 19.2. The average molecular weight is 461 g/mol. The first kappa shape index (κ1) is 23.2. The van der Waals surface area contributed by atoms with E-state index in [9.17, 15) is 19.1 Å². The maximum absolute atomic E-state index is 14.9. The third-order valence-electron chi connectivity index (χ3n) is 5.65. The molecule has 7 heteroatoms. The van der Waals surface area contributed by atoms with Gasteiger partial charge >= 0.3 is 0 Å². The molecular weight excluding hydrogens is 435 g/mol. The lowest BCUT2D eigenvalue weighted by Gasteiger charge is -2.25. The van der Waals surface area contributed by atoms with Gasteiger partial charge < -0.3 is 14.7 Å². The summed E-state index contributed by atoms with van der Waals surface area (Å²) < 4.78 is 20.7. The Labute approximate surface area is 197 Å². The number of hydrogen-bond acceptors (Lipinski definition) is 5. The van der Waals surface area contributed by atoms with Crippen LogP contribution in [0.15, 0.2) is 72.6 Å². The number of ether oxygens (including phenoxy) is 1. The predicted molar refractivity (Wildman–Crippen MR) is 125 cm³/mol. The normalized spacial score (nSPS) is 17.4. The standard InChI is InChI=1S/C27H25FN2O4/c1-16(2)34-22-9-8-19(14-17(22)3)25(31)23-24(20-6-4-5-7-21(20)28)30(27(33)26(23)32)15-18-10-12-29-13-11-18/h4-14,16,24,31H,15H2,1-3H3/b25-23+. The van der Waals surface area contributed by atoms with E-state index in [1.165, 1.54) is 23.1 Å². The van der Waals surface area contributed by atoms with Crippen LogP contribution in [-0.4, -0.2) is 32.8 Å². The minimum Gasteiger partial charge on any atom is -0.507 e. The summed E-state index contributed by atoms with van der Waals surface area (Å²) in [5.41, 5.74) is 1.81. The quantitative estimate of drug-likeness (QED) is 0.320. The number of ketones is 1. The highest BCUT2D eigenvalue weighted by atomic mass is 19.1. The van der Waals surface area contributed by atoms with Crippen molar-refractivity contribution >= 4 is 17.4 Å². The molecule has 2 aromatic carbocycles. The lowest BCUT2D eigenvalue weighted by atomic mass is 9.94. The van der Waals surface area contributed by atoms with E-state index in [0.29, 0.717) is 11.3 Å². The molecular formula is C27H25FN2O4. The van der Waals surface area contributed by atoms with Crippen molar-refractivity contribution in [2.75, 3.05) is 0 Å². The third-order valence-corrected chi connectivity index (χ3v) is 5.65. The molecule has 2 heterocycles. The van der Waals surface area contributed by atoms with Crippen molar-refractivity contribution in [3.8, 4) is 5.75 Å². The van der Waals surface area contributed by atoms with Crippen molar-refractivity contribution in [3.63, 3.8) is 0 Å². The van der Waals surface area contributed by atoms with Crippen molar-refractivity contribution in [2.24, 2.45) is 0 Å². The number of pyridine rings is 1. The number of nitrogens with zero attached hydrogens (tertiary/aromatic N) is 2. The minimum absolute atomic E-state index is 0.0299. The number of hydrogen-bond donors (Lipinski definition) is 1. The number of aliphatic hydroxyl groups excluding tert-OH is 1. The van der Waals surface area contributed by atoms with Crippen molar-refractivity contribution in [1.82, 2.24) is 9.88 Å². The fraction of sp³-hybridized carbons (Fsp3) is 0.222. The molecule has 1 N–H and O–H groups in total. The molecule has 1 fully saturated rings. The van der Waals surface area contributed by atoms with E-state index in [1.54, 1.807) is 48.8 Å². The van der Waals surface area contributed by atoms with Gasteiger partial charge in [-0.25, -0.2) is 4.39 Å². The molecule has 1 aliphatic heterocycles. The fourth-order valence-electron chi connectivity index (χ4n) is 4.09. The number of rotatable bonds is 6. The molecule has 0 aliphatic carbocycles. The summed E-state index contributed by atoms with van der Waals surface area (Å²) in [6, 6.07) is 13.3. The highest BCUT2D eigenvalue weighted by Crippen LogP contribution is 2.41. The molecule has 1 aromatic heterocycles. The van der Waals surface area contributed by atoms with Crippen molar-refractivity contribution in [2.45, 2.75) is 39.5 Å². The van der Waals surface area contributed by atoms with Crippen molar-refractivity contribution in [1.29, 1.82) is 0 Å². The van der Waals surface area contributed by atoms with Gasteiger partial charge in [-0.05, 0) is 68.3 Å². The van der Waals surface area contributed by atoms with E-state index < -0.39 is 23.5 Å². The van der Waals surface area contributed by atoms with Gasteiger partial charge in [0, 0.05) is 30.1 Å². The summed E-state index contributed by atoms with van der Waals surface area (Å²) in [5.74, 6) is -1.95. The average Bonchev–Trinajstić information content (AvgIpc) is 3.05. The van der Waals surface area contributed by atoms with Gasteiger partial charge in [0.1, 0.15) is 17.3 Å². The second-order valence-corrected chi connectivity index (χ2v) is 8.45. The Kier molecular flexibility index (Phi) is 6.45. The van der Waals surface area contributed by atoms with Crippen LogP contribution < -0.4 is 4.74 Å². The van der Waals surface area contributed by atoms with Crippen LogP contribution in [-0.2, 0) is 16.1 Å². The van der Waals surface area contributed by atoms with Gasteiger partial charge in [-0.3, -0.25) is 14.6 Å². The zero-order chi connectivity index (χ0) is 24.4. The number of aryl methyl sites for hydroxylation is 1. The van der Waals surface area contributed by atoms with E-state index in [2.05, 4.69) is 4.98 Å². The Morgan fingerprint density at radius 1 is 1.12 bits per heavy atom. The summed E-state index contributed by atoms with van der Waals surface area (Å²) in [7, 11) is 0. The Hall–Kier alpha value is -4.00. The molecule has 0 spiro atoms. The number of aliphatic hydroxyl groups is 1. The largest absolute Gasteiger partial charge is 0.507 e. The summed E-state index contributed by atoms with van der Waals surface area (Å²) in [4.78, 5) is 31.5. The molecule has 34 heavy (non-hydrogen) atoms. The highest BCUT2D eigenvalue weighted by molar-refractivity contribution is 6.46. The SMILES string of the molecule is Cc1cc(/C(O)=C2\C(=O)C(=O)N(Cc3ccncc3)C2c2ccccc2F)ccc1OC(C)C. The van der Waals surface area contributed by atoms with Crippen LogP contribution in [0, 0.1) is 12.7 Å². The van der Waals surface area contributed by atoms with Gasteiger partial charge in [-0.2, -0.15) is 0 Å². The topological polar surface area (TPSA) is 79.7 Å². The number of amides is 1. The first-order valence-corrected chi connectivity index (χ1v) is 11.0. The van der Waals surface area contributed by atoms with Gasteiger partial charge in [0.2, 0.25) is 0 Å². The molecule has 1 atom stereocenters. The monoisotopic (exact) mass is 460 g/mol. The van der Waals surface area contributed by atoms with Crippen LogP contribution in [0.25, 0.3) is 5.76 Å². The second kappa shape index (κ2) is 9.47. The number of benzene rings is 2. The van der Waals surface area contributed by atoms with Crippen LogP contribution in [0.5, 0.6) is 5.75 Å². The lowest BCUT2D eigenvalue weighted by Crippen LogP contribution is -2.29. The first-order valence-electron chi connectivity index (χ1n) is 11.0. The number of aromatic nitrogens is 1. The van der Waals surface area contributed by atoms with Crippen molar-refractivity contribution in [3.05, 3.63) is 101 Å². The van der Waals surface area contributed by atoms with E-state index in [4.69, 9.17) is 4.74 Å². The number of carbonyl (C=O) groups excluding carboxylic acids is 2. The highest BCUT2D eigenvalue weighted by Gasteiger charge is 2.47. The second-order valence-electron chi connectivity index (χ2n) is 8.45. The maximum Gasteiger partial charge on any atom is 0.295 e. The van der Waals surface area contributed by atoms with Crippen LogP contribution in [0.3, 0.4) is 0 Å². The molecule has 6 nitrogen and oxygen atoms in total. The summed E-state index contributed by atoms with van der Waals surface area (Å²) in [6.45, 7) is 5.70. The number of carbonyl (C=O) groups is 2. The minimum atomic E-state index is -1.08. The first-order chi connectivity index (χ1) is 16.3. The van der Waals surface area contributed by atoms with Gasteiger partial charge in [0.05, 0.1) is 17.7 Å². The van der Waals surface area contributed by atoms with Crippen molar-refractivity contribution < 1.29 is 23.8 Å². The molecule has 3 aromatic rings. The van der Waals surface area contributed by atoms with Gasteiger partial charge in [-0.1, -0.05) is 18.2 Å². The lowest BCUT2D eigenvalue weighted by molar-refractivity contribution is -0.140. The molecule has 0 bridgehead atoms. The predicted octanol–water partition coefficient (Wildman–Crippen LogP) is 4.94. The third kappa shape index (κ3) is 4.41. The molecule has 0 saturated carbocycles. The van der Waals surface area contributed by atoms with Crippen LogP contribution in [0.2, 0.25) is 0 Å². The van der Waals surface area contributed by atoms with Gasteiger partial charge in [0.15, 0.2) is 0 Å². The van der Waals surface area contributed by atoms with E-state index >= 15 is 0 Å². The summed E-state index contributed by atoms with van der Waals surface area (Å²) >= 11 is 0. The van der Waals surface area contributed by atoms with E-state index in [0.717, 1.165) is 11.1 Å². The van der Waals surface area contributed by atoms with Crippen LogP contribution >= 0.6 is 0 Å². The molecule has 1 saturated heterocycles. The number of likely N-dealkylation sites (tertiary alicyclic amines) is 1. The van der Waals surface area contributed by atoms with E-state index in [1.807, 2.05) is 20.8 Å². The van der Waals surface area contributed by atoms with Gasteiger partial charge in [0.25, 0.3) is 11.7 Å². The Morgan fingerprint density at radius 2 is 1.82 bits per heavy atom. The molecule has 1 amide bonds. The van der Waals surface area contributed by atoms with Gasteiger partial charge in [-0.15, -0.1) is 0 Å². The Morgan fingerprint density at radius 3 is 2.47 bits per heavy atom. The number of halogens is 1. The molecule has 0 radical (unpaired) electrons. The summed E-state index contributed by atoms with van der Waals surface area (Å²) in [5, 5.41) is 11.2.